The van der Waals surface area contributed by atoms with Gasteiger partial charge < -0.3 is 15.0 Å². The van der Waals surface area contributed by atoms with Crippen molar-refractivity contribution in [2.24, 2.45) is 7.05 Å². The Hall–Kier alpha value is -2.74. The number of ether oxygens (including phenoxy) is 1. The number of nitrogens with one attached hydrogen (secondary N) is 2. The number of carbonyl (C=O) groups excluding carboxylic acids is 1. The van der Waals surface area contributed by atoms with E-state index in [-0.39, 0.29) is 17.2 Å². The third kappa shape index (κ3) is 3.75. The standard InChI is InChI=1S/C18H20N4O3S/c1-4-25-14-8-6-5-7-12(14)20-15(23)10-26-18-21-13-9-11(2)19-16(13)17(24)22(18)3/h5-9,19H,4,10H2,1-3H3,(H,20,23). The minimum atomic E-state index is -0.193. The predicted molar refractivity (Wildman–Crippen MR) is 103 cm³/mol. The van der Waals surface area contributed by atoms with Crippen LogP contribution in [0.25, 0.3) is 11.0 Å². The summed E-state index contributed by atoms with van der Waals surface area (Å²) in [4.78, 5) is 32.2. The molecule has 0 aliphatic rings. The highest BCUT2D eigenvalue weighted by atomic mass is 32.2. The number of thioether (sulfide) groups is 1. The maximum Gasteiger partial charge on any atom is 0.278 e. The molecule has 136 valence electrons. The fourth-order valence-corrected chi connectivity index (χ4v) is 3.33. The van der Waals surface area contributed by atoms with Gasteiger partial charge in [-0.05, 0) is 32.0 Å². The minimum Gasteiger partial charge on any atom is -0.492 e. The Morgan fingerprint density at radius 1 is 1.38 bits per heavy atom. The SMILES string of the molecule is CCOc1ccccc1NC(=O)CSc1nc2cc(C)[nH]c2c(=O)n1C. The van der Waals surface area contributed by atoms with Gasteiger partial charge in [0, 0.05) is 12.7 Å². The number of aryl methyl sites for hydroxylation is 1. The lowest BCUT2D eigenvalue weighted by Crippen LogP contribution is -2.21. The number of rotatable bonds is 6. The number of benzene rings is 1. The summed E-state index contributed by atoms with van der Waals surface area (Å²) in [5.74, 6) is 0.570. The lowest BCUT2D eigenvalue weighted by atomic mass is 10.3. The van der Waals surface area contributed by atoms with Gasteiger partial charge in [0.2, 0.25) is 5.91 Å². The Balaban J connectivity index is 1.73. The molecule has 1 amide bonds. The molecule has 0 bridgehead atoms. The fourth-order valence-electron chi connectivity index (χ4n) is 2.56. The number of aromatic amines is 1. The molecule has 0 unspecified atom stereocenters. The largest absolute Gasteiger partial charge is 0.492 e. The molecule has 26 heavy (non-hydrogen) atoms. The molecular weight excluding hydrogens is 352 g/mol. The van der Waals surface area contributed by atoms with E-state index in [2.05, 4.69) is 15.3 Å². The summed E-state index contributed by atoms with van der Waals surface area (Å²) in [5.41, 5.74) is 2.42. The molecule has 0 atom stereocenters. The summed E-state index contributed by atoms with van der Waals surface area (Å²) < 4.78 is 6.95. The highest BCUT2D eigenvalue weighted by molar-refractivity contribution is 7.99. The molecule has 3 rings (SSSR count). The molecule has 2 aromatic heterocycles. The van der Waals surface area contributed by atoms with E-state index in [1.807, 2.05) is 32.0 Å². The topological polar surface area (TPSA) is 89.0 Å². The van der Waals surface area contributed by atoms with Gasteiger partial charge in [-0.25, -0.2) is 4.98 Å². The van der Waals surface area contributed by atoms with Crippen LogP contribution in [-0.2, 0) is 11.8 Å². The lowest BCUT2D eigenvalue weighted by molar-refractivity contribution is -0.113. The highest BCUT2D eigenvalue weighted by Crippen LogP contribution is 2.24. The number of carbonyl (C=O) groups is 1. The fraction of sp³-hybridized carbons (Fsp3) is 0.278. The average Bonchev–Trinajstić information content (AvgIpc) is 2.99. The first kappa shape index (κ1) is 18.1. The van der Waals surface area contributed by atoms with E-state index < -0.39 is 0 Å². The van der Waals surface area contributed by atoms with E-state index >= 15 is 0 Å². The number of hydrogen-bond acceptors (Lipinski definition) is 5. The van der Waals surface area contributed by atoms with Crippen LogP contribution in [0.5, 0.6) is 5.75 Å². The number of hydrogen-bond donors (Lipinski definition) is 2. The van der Waals surface area contributed by atoms with Gasteiger partial charge in [0.1, 0.15) is 11.3 Å². The molecule has 0 aliphatic heterocycles. The Labute approximate surface area is 154 Å². The van der Waals surface area contributed by atoms with Crippen LogP contribution in [0.1, 0.15) is 12.6 Å². The second-order valence-corrected chi connectivity index (χ2v) is 6.68. The van der Waals surface area contributed by atoms with E-state index in [0.29, 0.717) is 34.2 Å². The van der Waals surface area contributed by atoms with Crippen molar-refractivity contribution in [2.45, 2.75) is 19.0 Å². The van der Waals surface area contributed by atoms with E-state index in [1.54, 1.807) is 19.2 Å². The zero-order chi connectivity index (χ0) is 18.7. The molecule has 0 fully saturated rings. The zero-order valence-corrected chi connectivity index (χ0v) is 15.6. The van der Waals surface area contributed by atoms with E-state index in [1.165, 1.54) is 16.3 Å². The van der Waals surface area contributed by atoms with Gasteiger partial charge >= 0.3 is 0 Å². The van der Waals surface area contributed by atoms with Crippen LogP contribution in [0, 0.1) is 6.92 Å². The van der Waals surface area contributed by atoms with E-state index in [9.17, 15) is 9.59 Å². The number of H-pyrrole nitrogens is 1. The van der Waals surface area contributed by atoms with Crippen molar-refractivity contribution in [2.75, 3.05) is 17.7 Å². The Kier molecular flexibility index (Phi) is 5.32. The van der Waals surface area contributed by atoms with Crippen LogP contribution in [0.2, 0.25) is 0 Å². The molecule has 0 spiro atoms. The van der Waals surface area contributed by atoms with Crippen molar-refractivity contribution in [3.05, 3.63) is 46.4 Å². The first-order chi connectivity index (χ1) is 12.5. The second kappa shape index (κ2) is 7.65. The Morgan fingerprint density at radius 3 is 2.92 bits per heavy atom. The summed E-state index contributed by atoms with van der Waals surface area (Å²) in [6, 6.07) is 9.09. The van der Waals surface area contributed by atoms with E-state index in [4.69, 9.17) is 4.74 Å². The van der Waals surface area contributed by atoms with Gasteiger partial charge in [0.25, 0.3) is 5.56 Å². The Morgan fingerprint density at radius 2 is 2.15 bits per heavy atom. The molecule has 0 radical (unpaired) electrons. The number of aromatic nitrogens is 3. The normalized spacial score (nSPS) is 10.9. The van der Waals surface area contributed by atoms with Crippen LogP contribution >= 0.6 is 11.8 Å². The quantitative estimate of drug-likeness (QED) is 0.513. The molecule has 0 aliphatic carbocycles. The summed E-state index contributed by atoms with van der Waals surface area (Å²) >= 11 is 1.22. The number of nitrogens with zero attached hydrogens (tertiary/aromatic N) is 2. The molecule has 8 heteroatoms. The van der Waals surface area contributed by atoms with Crippen molar-refractivity contribution in [1.29, 1.82) is 0 Å². The lowest BCUT2D eigenvalue weighted by Gasteiger charge is -2.11. The van der Waals surface area contributed by atoms with Crippen LogP contribution in [0.4, 0.5) is 5.69 Å². The molecule has 3 aromatic rings. The molecule has 0 saturated carbocycles. The molecule has 0 saturated heterocycles. The first-order valence-electron chi connectivity index (χ1n) is 8.20. The molecule has 2 heterocycles. The minimum absolute atomic E-state index is 0.135. The van der Waals surface area contributed by atoms with Gasteiger partial charge in [0.05, 0.1) is 23.6 Å². The van der Waals surface area contributed by atoms with Gasteiger partial charge in [-0.3, -0.25) is 14.2 Å². The molecule has 1 aromatic carbocycles. The smallest absolute Gasteiger partial charge is 0.278 e. The van der Waals surface area contributed by atoms with Crippen LogP contribution in [0.15, 0.2) is 40.3 Å². The highest BCUT2D eigenvalue weighted by Gasteiger charge is 2.13. The van der Waals surface area contributed by atoms with Gasteiger partial charge in [-0.15, -0.1) is 0 Å². The maximum atomic E-state index is 12.4. The van der Waals surface area contributed by atoms with Gasteiger partial charge in [-0.2, -0.15) is 0 Å². The molecular formula is C18H20N4O3S. The average molecular weight is 372 g/mol. The maximum absolute atomic E-state index is 12.4. The number of para-hydroxylation sites is 2. The summed E-state index contributed by atoms with van der Waals surface area (Å²) in [5, 5.41) is 3.33. The second-order valence-electron chi connectivity index (χ2n) is 5.74. The van der Waals surface area contributed by atoms with Crippen LogP contribution < -0.4 is 15.6 Å². The summed E-state index contributed by atoms with van der Waals surface area (Å²) in [6.45, 7) is 4.28. The van der Waals surface area contributed by atoms with Crippen LogP contribution in [0.3, 0.4) is 0 Å². The van der Waals surface area contributed by atoms with Crippen LogP contribution in [-0.4, -0.2) is 32.8 Å². The molecule has 2 N–H and O–H groups in total. The van der Waals surface area contributed by atoms with Crippen molar-refractivity contribution >= 4 is 34.4 Å². The summed E-state index contributed by atoms with van der Waals surface area (Å²) in [6.07, 6.45) is 0. The van der Waals surface area contributed by atoms with Crippen molar-refractivity contribution in [3.8, 4) is 5.75 Å². The third-order valence-electron chi connectivity index (χ3n) is 3.75. The first-order valence-corrected chi connectivity index (χ1v) is 9.19. The molecule has 7 nitrogen and oxygen atoms in total. The predicted octanol–water partition coefficient (Wildman–Crippen LogP) is 2.70. The number of fused-ring (bicyclic) bond motifs is 1. The van der Waals surface area contributed by atoms with E-state index in [0.717, 1.165) is 5.69 Å². The van der Waals surface area contributed by atoms with Crippen molar-refractivity contribution in [1.82, 2.24) is 14.5 Å². The number of anilines is 1. The monoisotopic (exact) mass is 372 g/mol. The van der Waals surface area contributed by atoms with Gasteiger partial charge in [0.15, 0.2) is 5.16 Å². The van der Waals surface area contributed by atoms with Gasteiger partial charge in [-0.1, -0.05) is 23.9 Å². The zero-order valence-electron chi connectivity index (χ0n) is 14.8. The van der Waals surface area contributed by atoms with Crippen molar-refractivity contribution in [3.63, 3.8) is 0 Å². The summed E-state index contributed by atoms with van der Waals surface area (Å²) in [7, 11) is 1.65. The Bertz CT molecular complexity index is 1010. The van der Waals surface area contributed by atoms with Crippen molar-refractivity contribution < 1.29 is 9.53 Å². The third-order valence-corrected chi connectivity index (χ3v) is 4.78. The number of amides is 1.